The first-order chi connectivity index (χ1) is 8.56. The van der Waals surface area contributed by atoms with Gasteiger partial charge < -0.3 is 10.5 Å². The molecule has 0 aliphatic heterocycles. The highest BCUT2D eigenvalue weighted by Crippen LogP contribution is 2.21. The van der Waals surface area contributed by atoms with Crippen LogP contribution in [0.15, 0.2) is 23.6 Å². The van der Waals surface area contributed by atoms with Crippen molar-refractivity contribution >= 4 is 28.5 Å². The largest absolute Gasteiger partial charge is 0.486 e. The van der Waals surface area contributed by atoms with E-state index in [1.807, 2.05) is 37.4 Å². The summed E-state index contributed by atoms with van der Waals surface area (Å²) in [7, 11) is 0. The van der Waals surface area contributed by atoms with Gasteiger partial charge in [0.1, 0.15) is 22.4 Å². The van der Waals surface area contributed by atoms with Crippen LogP contribution in [0.25, 0.3) is 0 Å². The molecule has 0 atom stereocenters. The van der Waals surface area contributed by atoms with Crippen molar-refractivity contribution in [3.05, 3.63) is 45.4 Å². The van der Waals surface area contributed by atoms with Crippen LogP contribution in [0, 0.1) is 13.8 Å². The Kier molecular flexibility index (Phi) is 3.93. The van der Waals surface area contributed by atoms with Crippen molar-refractivity contribution in [1.29, 1.82) is 0 Å². The molecule has 0 aliphatic carbocycles. The van der Waals surface area contributed by atoms with E-state index in [1.54, 1.807) is 11.3 Å². The summed E-state index contributed by atoms with van der Waals surface area (Å²) in [4.78, 5) is 4.74. The van der Waals surface area contributed by atoms with E-state index in [0.717, 1.165) is 27.6 Å². The average Bonchev–Trinajstić information content (AvgIpc) is 2.74. The smallest absolute Gasteiger partial charge is 0.140 e. The van der Waals surface area contributed by atoms with Crippen molar-refractivity contribution in [2.75, 3.05) is 0 Å². The third-order valence-corrected chi connectivity index (χ3v) is 3.67. The number of hydrogen-bond donors (Lipinski definition) is 1. The zero-order chi connectivity index (χ0) is 13.1. The van der Waals surface area contributed by atoms with Crippen LogP contribution in [0.5, 0.6) is 5.75 Å². The molecular formula is C13H14N2OS2. The molecule has 0 fully saturated rings. The zero-order valence-corrected chi connectivity index (χ0v) is 11.9. The summed E-state index contributed by atoms with van der Waals surface area (Å²) in [5, 5.41) is 2.98. The highest BCUT2D eigenvalue weighted by Gasteiger charge is 2.05. The summed E-state index contributed by atoms with van der Waals surface area (Å²) >= 11 is 6.56. The second-order valence-corrected chi connectivity index (χ2v) is 5.40. The lowest BCUT2D eigenvalue weighted by molar-refractivity contribution is 0.303. The minimum absolute atomic E-state index is 0.380. The zero-order valence-electron chi connectivity index (χ0n) is 10.3. The van der Waals surface area contributed by atoms with Gasteiger partial charge in [0, 0.05) is 16.6 Å². The summed E-state index contributed by atoms with van der Waals surface area (Å²) in [6.45, 7) is 4.44. The molecule has 0 saturated carbocycles. The van der Waals surface area contributed by atoms with Gasteiger partial charge in [-0.3, -0.25) is 0 Å². The topological polar surface area (TPSA) is 48.1 Å². The second-order valence-electron chi connectivity index (χ2n) is 4.02. The maximum Gasteiger partial charge on any atom is 0.140 e. The molecule has 0 unspecified atom stereocenters. The molecule has 3 nitrogen and oxygen atoms in total. The lowest BCUT2D eigenvalue weighted by atomic mass is 10.1. The number of nitrogens with two attached hydrogens (primary N) is 1. The first-order valence-corrected chi connectivity index (χ1v) is 6.79. The van der Waals surface area contributed by atoms with Crippen LogP contribution in [0.1, 0.15) is 21.8 Å². The van der Waals surface area contributed by atoms with Crippen LogP contribution < -0.4 is 10.5 Å². The monoisotopic (exact) mass is 278 g/mol. The van der Waals surface area contributed by atoms with Crippen molar-refractivity contribution in [2.45, 2.75) is 20.5 Å². The molecule has 1 aromatic heterocycles. The molecule has 1 aromatic carbocycles. The molecule has 18 heavy (non-hydrogen) atoms. The van der Waals surface area contributed by atoms with Crippen molar-refractivity contribution < 1.29 is 4.74 Å². The first-order valence-electron chi connectivity index (χ1n) is 5.50. The highest BCUT2D eigenvalue weighted by molar-refractivity contribution is 7.80. The van der Waals surface area contributed by atoms with Gasteiger partial charge in [-0.15, -0.1) is 11.3 Å². The van der Waals surface area contributed by atoms with Gasteiger partial charge in [0.05, 0.1) is 0 Å². The number of benzene rings is 1. The van der Waals surface area contributed by atoms with E-state index in [2.05, 4.69) is 4.98 Å². The Labute approximate surface area is 116 Å². The molecule has 0 amide bonds. The normalized spacial score (nSPS) is 10.3. The van der Waals surface area contributed by atoms with E-state index in [1.165, 1.54) is 0 Å². The number of thiocarbonyl (C=S) groups is 1. The van der Waals surface area contributed by atoms with Crippen molar-refractivity contribution in [3.8, 4) is 5.75 Å². The quantitative estimate of drug-likeness (QED) is 0.874. The van der Waals surface area contributed by atoms with Gasteiger partial charge in [-0.2, -0.15) is 0 Å². The minimum Gasteiger partial charge on any atom is -0.486 e. The standard InChI is InChI=1S/C13H14N2OS2/c1-8-3-4-10(13(14)17)5-11(8)16-6-12-15-9(2)7-18-12/h3-5,7H,6H2,1-2H3,(H2,14,17). The van der Waals surface area contributed by atoms with Gasteiger partial charge in [0.25, 0.3) is 0 Å². The molecule has 0 radical (unpaired) electrons. The van der Waals surface area contributed by atoms with E-state index < -0.39 is 0 Å². The number of hydrogen-bond acceptors (Lipinski definition) is 4. The number of thiazole rings is 1. The number of rotatable bonds is 4. The van der Waals surface area contributed by atoms with E-state index in [-0.39, 0.29) is 0 Å². The minimum atomic E-state index is 0.380. The van der Waals surface area contributed by atoms with Crippen LogP contribution in [0.4, 0.5) is 0 Å². The van der Waals surface area contributed by atoms with E-state index in [4.69, 9.17) is 22.7 Å². The van der Waals surface area contributed by atoms with Crippen molar-refractivity contribution in [3.63, 3.8) is 0 Å². The van der Waals surface area contributed by atoms with E-state index >= 15 is 0 Å². The Morgan fingerprint density at radius 2 is 2.22 bits per heavy atom. The summed E-state index contributed by atoms with van der Waals surface area (Å²) in [5.74, 6) is 0.799. The Hall–Kier alpha value is -1.46. The lowest BCUT2D eigenvalue weighted by Gasteiger charge is -2.09. The SMILES string of the molecule is Cc1csc(COc2cc(C(N)=S)ccc2C)n1. The van der Waals surface area contributed by atoms with Crippen LogP contribution in [0.3, 0.4) is 0 Å². The van der Waals surface area contributed by atoms with E-state index in [9.17, 15) is 0 Å². The Morgan fingerprint density at radius 1 is 1.44 bits per heavy atom. The predicted octanol–water partition coefficient (Wildman–Crippen LogP) is 2.97. The summed E-state index contributed by atoms with van der Waals surface area (Å²) in [6, 6.07) is 5.73. The summed E-state index contributed by atoms with van der Waals surface area (Å²) in [5.41, 5.74) is 8.51. The molecule has 0 bridgehead atoms. The summed E-state index contributed by atoms with van der Waals surface area (Å²) in [6.07, 6.45) is 0. The average molecular weight is 278 g/mol. The highest BCUT2D eigenvalue weighted by atomic mass is 32.1. The number of aryl methyl sites for hydroxylation is 2. The van der Waals surface area contributed by atoms with Crippen LogP contribution in [0.2, 0.25) is 0 Å². The maximum atomic E-state index is 5.76. The molecule has 1 heterocycles. The molecule has 94 valence electrons. The number of nitrogens with zero attached hydrogens (tertiary/aromatic N) is 1. The molecule has 2 N–H and O–H groups in total. The van der Waals surface area contributed by atoms with Crippen molar-refractivity contribution in [2.24, 2.45) is 5.73 Å². The van der Waals surface area contributed by atoms with E-state index in [0.29, 0.717) is 11.6 Å². The molecule has 0 saturated heterocycles. The Bertz CT molecular complexity index is 578. The van der Waals surface area contributed by atoms with Gasteiger partial charge in [0.2, 0.25) is 0 Å². The fourth-order valence-electron chi connectivity index (χ4n) is 1.52. The number of ether oxygens (including phenoxy) is 1. The van der Waals surface area contributed by atoms with Gasteiger partial charge in [-0.05, 0) is 25.5 Å². The van der Waals surface area contributed by atoms with Gasteiger partial charge in [0.15, 0.2) is 0 Å². The molecular weight excluding hydrogens is 264 g/mol. The predicted molar refractivity (Wildman–Crippen MR) is 78.2 cm³/mol. The van der Waals surface area contributed by atoms with Gasteiger partial charge in [-0.25, -0.2) is 4.98 Å². The number of aromatic nitrogens is 1. The third kappa shape index (κ3) is 3.05. The van der Waals surface area contributed by atoms with Crippen LogP contribution in [-0.4, -0.2) is 9.97 Å². The van der Waals surface area contributed by atoms with Crippen molar-refractivity contribution in [1.82, 2.24) is 4.98 Å². The molecule has 0 aliphatic rings. The fraction of sp³-hybridized carbons (Fsp3) is 0.231. The fourth-order valence-corrected chi connectivity index (χ4v) is 2.33. The van der Waals surface area contributed by atoms with Gasteiger partial charge >= 0.3 is 0 Å². The molecule has 0 spiro atoms. The van der Waals surface area contributed by atoms with Crippen LogP contribution in [-0.2, 0) is 6.61 Å². The second kappa shape index (κ2) is 5.46. The molecule has 2 rings (SSSR count). The maximum absolute atomic E-state index is 5.76. The van der Waals surface area contributed by atoms with Crippen LogP contribution >= 0.6 is 23.6 Å². The third-order valence-electron chi connectivity index (χ3n) is 2.49. The molecule has 2 aromatic rings. The Morgan fingerprint density at radius 3 is 2.83 bits per heavy atom. The van der Waals surface area contributed by atoms with Gasteiger partial charge in [-0.1, -0.05) is 24.4 Å². The summed E-state index contributed by atoms with van der Waals surface area (Å²) < 4.78 is 5.76. The molecule has 5 heteroatoms. The lowest BCUT2D eigenvalue weighted by Crippen LogP contribution is -2.09. The Balaban J connectivity index is 2.13. The first kappa shape index (κ1) is 13.0.